The average molecular weight is 489 g/mol. The third-order valence-electron chi connectivity index (χ3n) is 7.13. The van der Waals surface area contributed by atoms with Gasteiger partial charge in [-0.25, -0.2) is 0 Å². The Morgan fingerprint density at radius 2 is 1.71 bits per heavy atom. The lowest BCUT2D eigenvalue weighted by Crippen LogP contribution is -2.56. The second kappa shape index (κ2) is 11.7. The Bertz CT molecular complexity index is 814. The van der Waals surface area contributed by atoms with Gasteiger partial charge in [0.2, 0.25) is 8.32 Å². The predicted molar refractivity (Wildman–Crippen MR) is 144 cm³/mol. The molecule has 0 N–H and O–H groups in total. The highest BCUT2D eigenvalue weighted by molar-refractivity contribution is 6.77. The maximum absolute atomic E-state index is 7.18. The molecule has 0 spiro atoms. The van der Waals surface area contributed by atoms with Crippen molar-refractivity contribution in [3.63, 3.8) is 0 Å². The summed E-state index contributed by atoms with van der Waals surface area (Å²) >= 11 is 0. The van der Waals surface area contributed by atoms with Gasteiger partial charge < -0.3 is 18.6 Å². The fourth-order valence-corrected chi connectivity index (χ4v) is 11.2. The molecule has 2 aliphatic rings. The van der Waals surface area contributed by atoms with Crippen LogP contribution < -0.4 is 0 Å². The minimum atomic E-state index is -2.15. The molecule has 4 atom stereocenters. The molecule has 4 nitrogen and oxygen atoms in total. The minimum Gasteiger partial charge on any atom is -0.407 e. The Morgan fingerprint density at radius 1 is 1.12 bits per heavy atom. The van der Waals surface area contributed by atoms with Crippen molar-refractivity contribution in [1.82, 2.24) is 0 Å². The van der Waals surface area contributed by atoms with E-state index < -0.39 is 14.1 Å². The van der Waals surface area contributed by atoms with Crippen LogP contribution in [-0.4, -0.2) is 45.6 Å². The lowest BCUT2D eigenvalue weighted by Gasteiger charge is -2.47. The smallest absolute Gasteiger partial charge is 0.201 e. The van der Waals surface area contributed by atoms with Crippen LogP contribution >= 0.6 is 0 Å². The van der Waals surface area contributed by atoms with E-state index in [-0.39, 0.29) is 24.4 Å². The van der Waals surface area contributed by atoms with Crippen molar-refractivity contribution >= 4 is 8.32 Å². The fourth-order valence-electron chi connectivity index (χ4n) is 5.71. The van der Waals surface area contributed by atoms with Crippen molar-refractivity contribution in [2.75, 3.05) is 7.11 Å². The first-order valence-corrected chi connectivity index (χ1v) is 15.0. The van der Waals surface area contributed by atoms with Gasteiger partial charge in [-0.1, -0.05) is 71.6 Å². The highest BCUT2D eigenvalue weighted by Gasteiger charge is 2.54. The lowest BCUT2D eigenvalue weighted by molar-refractivity contribution is -0.161. The summed E-state index contributed by atoms with van der Waals surface area (Å²) in [5.74, 6) is 5.97. The second-order valence-corrected chi connectivity index (χ2v) is 16.8. The van der Waals surface area contributed by atoms with Crippen LogP contribution in [0.1, 0.15) is 82.1 Å². The molecule has 1 fully saturated rings. The third-order valence-corrected chi connectivity index (χ3v) is 13.2. The Hall–Kier alpha value is -1.16. The summed E-state index contributed by atoms with van der Waals surface area (Å²) in [5.41, 5.74) is 4.57. The van der Waals surface area contributed by atoms with Gasteiger partial charge in [-0.3, -0.25) is 0 Å². The van der Waals surface area contributed by atoms with E-state index in [0.717, 1.165) is 24.0 Å². The van der Waals surface area contributed by atoms with Crippen LogP contribution in [0.15, 0.2) is 35.5 Å². The lowest BCUT2D eigenvalue weighted by atomic mass is 9.89. The van der Waals surface area contributed by atoms with Crippen molar-refractivity contribution < 1.29 is 18.6 Å². The molecule has 2 rings (SSSR count). The van der Waals surface area contributed by atoms with Crippen LogP contribution in [0.4, 0.5) is 0 Å². The monoisotopic (exact) mass is 488 g/mol. The molecule has 1 aliphatic carbocycles. The van der Waals surface area contributed by atoms with Crippen molar-refractivity contribution in [3.05, 3.63) is 35.5 Å². The van der Waals surface area contributed by atoms with E-state index in [1.54, 1.807) is 7.11 Å². The quantitative estimate of drug-likeness (QED) is 0.193. The molecule has 0 unspecified atom stereocenters. The van der Waals surface area contributed by atoms with E-state index in [9.17, 15) is 0 Å². The Kier molecular flexibility index (Phi) is 10.0. The van der Waals surface area contributed by atoms with E-state index in [1.807, 2.05) is 13.8 Å². The maximum atomic E-state index is 7.18. The van der Waals surface area contributed by atoms with Crippen LogP contribution in [0, 0.1) is 11.8 Å². The van der Waals surface area contributed by atoms with Crippen LogP contribution in [0.2, 0.25) is 16.6 Å². The molecule has 0 aromatic rings. The number of methoxy groups -OCH3 is 1. The van der Waals surface area contributed by atoms with Crippen LogP contribution in [0.3, 0.4) is 0 Å². The predicted octanol–water partition coefficient (Wildman–Crippen LogP) is 7.33. The van der Waals surface area contributed by atoms with Crippen molar-refractivity contribution in [2.24, 2.45) is 0 Å². The highest BCUT2D eigenvalue weighted by Crippen LogP contribution is 2.46. The summed E-state index contributed by atoms with van der Waals surface area (Å²) in [7, 11) is -0.407. The summed E-state index contributed by atoms with van der Waals surface area (Å²) in [6, 6.07) is 0. The molecule has 0 aromatic carbocycles. The standard InChI is InChI=1S/C29H48O4Si/c1-19(2)14-13-15-23(9)16-17-24-18-25(33-34(20(3)4,21(5)6)22(7)8)27(30-12)28-26(24)31-29(10,11)32-28/h14,18,20-22,25-28H,9,13,15H2,1-8,10-12H3/t25-,26-,27-,28-/m1/s1. The summed E-state index contributed by atoms with van der Waals surface area (Å²) in [6.07, 6.45) is 5.16. The van der Waals surface area contributed by atoms with Gasteiger partial charge in [0.25, 0.3) is 0 Å². The van der Waals surface area contributed by atoms with Gasteiger partial charge in [0.1, 0.15) is 18.3 Å². The molecule has 0 saturated carbocycles. The largest absolute Gasteiger partial charge is 0.407 e. The number of fused-ring (bicyclic) bond motifs is 1. The van der Waals surface area contributed by atoms with Crippen molar-refractivity contribution in [2.45, 2.75) is 129 Å². The Morgan fingerprint density at radius 3 is 2.21 bits per heavy atom. The number of ether oxygens (including phenoxy) is 3. The van der Waals surface area contributed by atoms with Gasteiger partial charge >= 0.3 is 0 Å². The first-order chi connectivity index (χ1) is 15.7. The molecular weight excluding hydrogens is 440 g/mol. The van der Waals surface area contributed by atoms with E-state index in [2.05, 4.69) is 86.0 Å². The number of rotatable bonds is 9. The normalized spacial score (nSPS) is 26.2. The van der Waals surface area contributed by atoms with E-state index in [0.29, 0.717) is 16.6 Å². The summed E-state index contributed by atoms with van der Waals surface area (Å²) < 4.78 is 25.9. The maximum Gasteiger partial charge on any atom is 0.201 e. The summed E-state index contributed by atoms with van der Waals surface area (Å²) in [4.78, 5) is 0. The molecule has 1 heterocycles. The first-order valence-electron chi connectivity index (χ1n) is 12.9. The molecule has 192 valence electrons. The number of allylic oxidation sites excluding steroid dienone is 3. The Balaban J connectivity index is 2.46. The van der Waals surface area contributed by atoms with Crippen molar-refractivity contribution in [1.29, 1.82) is 0 Å². The zero-order valence-corrected chi connectivity index (χ0v) is 24.5. The zero-order valence-electron chi connectivity index (χ0n) is 23.5. The van der Waals surface area contributed by atoms with Gasteiger partial charge in [0.15, 0.2) is 5.79 Å². The van der Waals surface area contributed by atoms with Crippen LogP contribution in [-0.2, 0) is 18.6 Å². The van der Waals surface area contributed by atoms with Gasteiger partial charge in [0.05, 0.1) is 6.10 Å². The minimum absolute atomic E-state index is 0.231. The molecule has 0 bridgehead atoms. The van der Waals surface area contributed by atoms with Crippen molar-refractivity contribution in [3.8, 4) is 11.8 Å². The van der Waals surface area contributed by atoms with E-state index in [1.165, 1.54) is 5.57 Å². The molecule has 0 radical (unpaired) electrons. The molecule has 0 aromatic heterocycles. The number of hydrogen-bond acceptors (Lipinski definition) is 4. The molecule has 0 amide bonds. The summed E-state index contributed by atoms with van der Waals surface area (Å²) in [6.45, 7) is 26.1. The topological polar surface area (TPSA) is 36.9 Å². The average Bonchev–Trinajstić information content (AvgIpc) is 3.03. The SMILES string of the molecule is C=C(C#CC1=C[C@@H](O[Si](C(C)C)(C(C)C)C(C)C)[C@@H](OC)[C@@H]2OC(C)(C)O[C@H]12)CCC=C(C)C. The fraction of sp³-hybridized carbons (Fsp3) is 0.724. The molecular formula is C29H48O4Si. The highest BCUT2D eigenvalue weighted by atomic mass is 28.4. The molecule has 1 saturated heterocycles. The molecule has 1 aliphatic heterocycles. The van der Waals surface area contributed by atoms with Gasteiger partial charge in [0, 0.05) is 12.7 Å². The van der Waals surface area contributed by atoms with Gasteiger partial charge in [-0.05, 0) is 68.8 Å². The van der Waals surface area contributed by atoms with E-state index >= 15 is 0 Å². The van der Waals surface area contributed by atoms with E-state index in [4.69, 9.17) is 18.6 Å². The zero-order chi connectivity index (χ0) is 25.8. The number of hydrogen-bond donors (Lipinski definition) is 0. The molecule has 34 heavy (non-hydrogen) atoms. The molecule has 5 heteroatoms. The van der Waals surface area contributed by atoms with Crippen LogP contribution in [0.5, 0.6) is 0 Å². The van der Waals surface area contributed by atoms with Crippen LogP contribution in [0.25, 0.3) is 0 Å². The third kappa shape index (κ3) is 6.53. The second-order valence-electron chi connectivity index (χ2n) is 11.4. The van der Waals surface area contributed by atoms with Gasteiger partial charge in [-0.15, -0.1) is 0 Å². The first kappa shape index (κ1) is 29.1. The Labute approximate surface area is 210 Å². The van der Waals surface area contributed by atoms with Gasteiger partial charge in [-0.2, -0.15) is 0 Å². The summed E-state index contributed by atoms with van der Waals surface area (Å²) in [5, 5.41) is 0.